The molecule has 0 bridgehead atoms. The van der Waals surface area contributed by atoms with Gasteiger partial charge < -0.3 is 21.4 Å². The predicted molar refractivity (Wildman–Crippen MR) is 121 cm³/mol. The largest absolute Gasteiger partial charge is 0.388 e. The quantitative estimate of drug-likeness (QED) is 0.385. The van der Waals surface area contributed by atoms with Gasteiger partial charge in [0.05, 0.1) is 23.0 Å². The van der Waals surface area contributed by atoms with Gasteiger partial charge in [0.25, 0.3) is 5.91 Å². The van der Waals surface area contributed by atoms with Gasteiger partial charge in [-0.3, -0.25) is 10.2 Å². The van der Waals surface area contributed by atoms with Gasteiger partial charge in [-0.1, -0.05) is 11.6 Å². The minimum atomic E-state index is -0.656. The maximum absolute atomic E-state index is 12.9. The summed E-state index contributed by atoms with van der Waals surface area (Å²) in [7, 11) is 1.76. The Hall–Kier alpha value is -2.97. The number of amides is 1. The summed E-state index contributed by atoms with van der Waals surface area (Å²) >= 11 is 6.05. The summed E-state index contributed by atoms with van der Waals surface area (Å²) in [4.78, 5) is 24.8. The maximum Gasteiger partial charge on any atom is 0.255 e. The number of carbonyl (C=O) groups is 1. The Morgan fingerprint density at radius 2 is 1.93 bits per heavy atom. The molecule has 0 unspecified atom stereocenters. The van der Waals surface area contributed by atoms with Crippen molar-refractivity contribution in [3.63, 3.8) is 0 Å². The van der Waals surface area contributed by atoms with Crippen LogP contribution in [0.25, 0.3) is 11.2 Å². The molecule has 3 rings (SSSR count). The highest BCUT2D eigenvalue weighted by Crippen LogP contribution is 2.24. The first-order chi connectivity index (χ1) is 13.9. The van der Waals surface area contributed by atoms with E-state index in [4.69, 9.17) is 22.7 Å². The molecular formula is C21H26ClN7O. The van der Waals surface area contributed by atoms with Crippen molar-refractivity contribution >= 4 is 40.1 Å². The smallest absolute Gasteiger partial charge is 0.255 e. The predicted octanol–water partition coefficient (Wildman–Crippen LogP) is 3.31. The molecule has 0 aliphatic heterocycles. The third-order valence-electron chi connectivity index (χ3n) is 5.44. The monoisotopic (exact) mass is 427 g/mol. The van der Waals surface area contributed by atoms with Crippen LogP contribution in [-0.2, 0) is 0 Å². The van der Waals surface area contributed by atoms with E-state index in [1.165, 1.54) is 6.20 Å². The lowest BCUT2D eigenvalue weighted by molar-refractivity contribution is 0.0877. The number of carbonyl (C=O) groups excluding carboxylic acids is 1. The molecule has 158 valence electrons. The molecule has 0 saturated heterocycles. The third kappa shape index (κ3) is 4.01. The topological polar surface area (TPSA) is 133 Å². The highest BCUT2D eigenvalue weighted by molar-refractivity contribution is 6.31. The van der Waals surface area contributed by atoms with Crippen molar-refractivity contribution in [1.29, 1.82) is 5.41 Å². The number of nitrogens with two attached hydrogens (primary N) is 1. The number of nitrogens with one attached hydrogen (secondary N) is 4. The second-order valence-corrected chi connectivity index (χ2v) is 8.71. The average molecular weight is 428 g/mol. The molecule has 2 heterocycles. The Bertz CT molecular complexity index is 1130. The molecule has 0 aliphatic rings. The lowest BCUT2D eigenvalue weighted by atomic mass is 9.83. The van der Waals surface area contributed by atoms with Gasteiger partial charge in [0, 0.05) is 35.1 Å². The molecule has 0 aliphatic carbocycles. The van der Waals surface area contributed by atoms with E-state index in [2.05, 4.69) is 25.6 Å². The number of H-pyrrole nitrogens is 1. The molecule has 2 aromatic heterocycles. The molecule has 9 heteroatoms. The van der Waals surface area contributed by atoms with E-state index in [1.807, 2.05) is 27.7 Å². The van der Waals surface area contributed by atoms with Gasteiger partial charge in [0.2, 0.25) is 0 Å². The Balaban J connectivity index is 1.99. The van der Waals surface area contributed by atoms with Crippen LogP contribution in [-0.4, -0.2) is 44.7 Å². The van der Waals surface area contributed by atoms with E-state index in [9.17, 15) is 4.79 Å². The van der Waals surface area contributed by atoms with Gasteiger partial charge in [0.1, 0.15) is 11.2 Å². The summed E-state index contributed by atoms with van der Waals surface area (Å²) in [5, 5.41) is 15.2. The summed E-state index contributed by atoms with van der Waals surface area (Å²) in [5.74, 6) is -0.315. The van der Waals surface area contributed by atoms with Gasteiger partial charge in [-0.05, 0) is 45.9 Å². The fourth-order valence-electron chi connectivity index (χ4n) is 2.78. The third-order valence-corrected chi connectivity index (χ3v) is 5.67. The van der Waals surface area contributed by atoms with Crippen LogP contribution in [0.5, 0.6) is 0 Å². The van der Waals surface area contributed by atoms with Crippen molar-refractivity contribution in [2.75, 3.05) is 12.4 Å². The summed E-state index contributed by atoms with van der Waals surface area (Å²) in [6.45, 7) is 7.44. The molecule has 30 heavy (non-hydrogen) atoms. The zero-order chi connectivity index (χ0) is 22.3. The first-order valence-corrected chi connectivity index (χ1v) is 9.84. The zero-order valence-corrected chi connectivity index (χ0v) is 18.4. The van der Waals surface area contributed by atoms with Crippen molar-refractivity contribution in [1.82, 2.24) is 20.3 Å². The molecule has 6 N–H and O–H groups in total. The highest BCUT2D eigenvalue weighted by Gasteiger charge is 2.35. The van der Waals surface area contributed by atoms with Crippen LogP contribution in [0, 0.1) is 5.41 Å². The molecule has 0 atom stereocenters. The van der Waals surface area contributed by atoms with E-state index in [-0.39, 0.29) is 11.6 Å². The number of rotatable bonds is 6. The maximum atomic E-state index is 12.9. The van der Waals surface area contributed by atoms with Gasteiger partial charge in [0.15, 0.2) is 5.65 Å². The van der Waals surface area contributed by atoms with Gasteiger partial charge >= 0.3 is 0 Å². The number of aromatic nitrogens is 3. The standard InChI is InChI=1S/C21H26ClN7O/c1-20(2,24)21(3,4)29-19(30)13-9-26-18-17(13)28-15(10-27-18)16(23)12-7-6-11(22)8-14(12)25-5/h6-10,23,25H,24H2,1-5H3,(H,26,27)(H,29,30). The molecule has 3 aromatic rings. The average Bonchev–Trinajstić information content (AvgIpc) is 3.09. The Morgan fingerprint density at radius 1 is 1.23 bits per heavy atom. The fraction of sp³-hybridized carbons (Fsp3) is 0.333. The molecule has 0 fully saturated rings. The molecule has 0 saturated carbocycles. The minimum absolute atomic E-state index is 0.168. The van der Waals surface area contributed by atoms with Gasteiger partial charge in [-0.25, -0.2) is 9.97 Å². The fourth-order valence-corrected chi connectivity index (χ4v) is 2.95. The summed E-state index contributed by atoms with van der Waals surface area (Å²) in [6.07, 6.45) is 3.07. The second kappa shape index (κ2) is 7.70. The lowest BCUT2D eigenvalue weighted by Crippen LogP contribution is -2.62. The highest BCUT2D eigenvalue weighted by atomic mass is 35.5. The molecule has 0 radical (unpaired) electrons. The normalized spacial score (nSPS) is 12.1. The first-order valence-electron chi connectivity index (χ1n) is 9.46. The van der Waals surface area contributed by atoms with E-state index < -0.39 is 11.1 Å². The van der Waals surface area contributed by atoms with E-state index in [1.54, 1.807) is 31.4 Å². The number of hydrogen-bond acceptors (Lipinski definition) is 6. The van der Waals surface area contributed by atoms with Gasteiger partial charge in [-0.15, -0.1) is 0 Å². The Morgan fingerprint density at radius 3 is 2.57 bits per heavy atom. The molecule has 8 nitrogen and oxygen atoms in total. The summed E-state index contributed by atoms with van der Waals surface area (Å²) in [6, 6.07) is 5.20. The van der Waals surface area contributed by atoms with Gasteiger partial charge in [-0.2, -0.15) is 0 Å². The Kier molecular flexibility index (Phi) is 5.58. The molecule has 1 aromatic carbocycles. The van der Waals surface area contributed by atoms with Crippen LogP contribution in [0.3, 0.4) is 0 Å². The van der Waals surface area contributed by atoms with Crippen LogP contribution in [0.2, 0.25) is 5.02 Å². The number of hydrogen-bond donors (Lipinski definition) is 5. The number of benzene rings is 1. The lowest BCUT2D eigenvalue weighted by Gasteiger charge is -2.39. The molecule has 0 spiro atoms. The van der Waals surface area contributed by atoms with Crippen molar-refractivity contribution in [3.8, 4) is 0 Å². The van der Waals surface area contributed by atoms with Crippen molar-refractivity contribution in [2.45, 2.75) is 38.8 Å². The van der Waals surface area contributed by atoms with E-state index in [0.29, 0.717) is 38.7 Å². The molecular weight excluding hydrogens is 402 g/mol. The van der Waals surface area contributed by atoms with E-state index >= 15 is 0 Å². The number of halogens is 1. The number of aromatic amines is 1. The Labute approximate surface area is 180 Å². The van der Waals surface area contributed by atoms with Crippen LogP contribution in [0.15, 0.2) is 30.6 Å². The SMILES string of the molecule is CNc1cc(Cl)ccc1C(=N)c1cnc2[nH]cc(C(=O)NC(C)(C)C(C)(C)N)c2n1. The molecule has 1 amide bonds. The van der Waals surface area contributed by atoms with E-state index in [0.717, 1.165) is 0 Å². The number of nitrogens with zero attached hydrogens (tertiary/aromatic N) is 2. The second-order valence-electron chi connectivity index (χ2n) is 8.27. The number of fused-ring (bicyclic) bond motifs is 1. The van der Waals surface area contributed by atoms with Crippen LogP contribution in [0.1, 0.15) is 49.3 Å². The van der Waals surface area contributed by atoms with Crippen molar-refractivity contribution in [2.24, 2.45) is 5.73 Å². The van der Waals surface area contributed by atoms with Crippen LogP contribution < -0.4 is 16.4 Å². The first kappa shape index (κ1) is 21.7. The summed E-state index contributed by atoms with van der Waals surface area (Å²) in [5.41, 5.74) is 7.95. The zero-order valence-electron chi connectivity index (χ0n) is 17.6. The van der Waals surface area contributed by atoms with Crippen LogP contribution in [0.4, 0.5) is 5.69 Å². The summed E-state index contributed by atoms with van der Waals surface area (Å²) < 4.78 is 0. The van der Waals surface area contributed by atoms with Crippen molar-refractivity contribution in [3.05, 3.63) is 52.4 Å². The minimum Gasteiger partial charge on any atom is -0.388 e. The van der Waals surface area contributed by atoms with Crippen LogP contribution >= 0.6 is 11.6 Å². The number of anilines is 1. The van der Waals surface area contributed by atoms with Crippen molar-refractivity contribution < 1.29 is 4.79 Å².